The number of carbonyl (C=O) groups is 4. The smallest absolute Gasteiger partial charge is 2.00 e. The summed E-state index contributed by atoms with van der Waals surface area (Å²) < 4.78 is 0. The molecule has 0 atom stereocenters. The number of Topliss-reactive ketones (excluding diaryl/α,β-unsaturated/α-hetero) is 2. The molecule has 0 saturated heterocycles. The molecule has 2 heterocycles. The third-order valence-corrected chi connectivity index (χ3v) is 3.18. The first kappa shape index (κ1) is 24.5. The Morgan fingerprint density at radius 3 is 1.38 bits per heavy atom. The number of nitrogens with zero attached hydrogens (tertiary/aromatic N) is 2. The average Bonchev–Trinajstić information content (AvgIpc) is 2.47. The van der Waals surface area contributed by atoms with Gasteiger partial charge in [0, 0.05) is 37.6 Å². The van der Waals surface area contributed by atoms with Crippen molar-refractivity contribution in [2.24, 2.45) is 0 Å². The molecule has 0 aromatic rings. The second kappa shape index (κ2) is 10.9. The van der Waals surface area contributed by atoms with Crippen LogP contribution in [0.3, 0.4) is 0 Å². The van der Waals surface area contributed by atoms with Gasteiger partial charge in [0.05, 0.1) is 13.1 Å². The molecule has 0 bridgehead atoms. The molecule has 10 heteroatoms. The fourth-order valence-electron chi connectivity index (χ4n) is 1.78. The predicted molar refractivity (Wildman–Crippen MR) is 71.9 cm³/mol. The van der Waals surface area contributed by atoms with Gasteiger partial charge in [-0.15, -0.1) is 0 Å². The van der Waals surface area contributed by atoms with Crippen LogP contribution in [0.5, 0.6) is 0 Å². The van der Waals surface area contributed by atoms with Crippen LogP contribution in [0.2, 0.25) is 0 Å². The Balaban J connectivity index is 0. The zero-order chi connectivity index (χ0) is 16.9. The number of rotatable bonds is 2. The molecule has 0 saturated carbocycles. The standard InChI is InChI=1S/2C7H8NO3.O.V/c2*1-8-3-7(11)6(10)2-5(8)4-9;;/h2*2H,3-4H2,1H3;;/q2*-1;-2;+4. The van der Waals surface area contributed by atoms with Gasteiger partial charge in [0.25, 0.3) is 0 Å². The first-order chi connectivity index (χ1) is 10.3. The van der Waals surface area contributed by atoms with E-state index >= 15 is 0 Å². The fraction of sp³-hybridized carbons (Fsp3) is 0.429. The van der Waals surface area contributed by atoms with E-state index in [1.54, 1.807) is 14.1 Å². The summed E-state index contributed by atoms with van der Waals surface area (Å²) in [7, 11) is 3.24. The zero-order valence-electron chi connectivity index (χ0n) is 13.2. The van der Waals surface area contributed by atoms with E-state index in [0.29, 0.717) is 11.4 Å². The molecule has 0 aliphatic carbocycles. The Hall–Kier alpha value is -1.78. The van der Waals surface area contributed by atoms with E-state index < -0.39 is 36.3 Å². The molecule has 0 fully saturated rings. The van der Waals surface area contributed by atoms with Gasteiger partial charge >= 0.3 is 18.6 Å². The maximum Gasteiger partial charge on any atom is 4.00 e. The molecule has 2 rings (SSSR count). The fourth-order valence-corrected chi connectivity index (χ4v) is 1.78. The molecule has 0 amide bonds. The van der Waals surface area contributed by atoms with Crippen molar-refractivity contribution in [3.05, 3.63) is 23.5 Å². The van der Waals surface area contributed by atoms with Gasteiger partial charge in [0.15, 0.2) is 0 Å². The Morgan fingerprint density at radius 2 is 1.12 bits per heavy atom. The third-order valence-electron chi connectivity index (χ3n) is 3.18. The minimum absolute atomic E-state index is 0. The van der Waals surface area contributed by atoms with E-state index in [4.69, 9.17) is 0 Å². The molecule has 0 aromatic heterocycles. The number of likely N-dealkylation sites (N-methyl/N-ethyl adjacent to an activating group) is 2. The van der Waals surface area contributed by atoms with Crippen LogP contribution in [-0.2, 0) is 43.2 Å². The number of ketones is 4. The van der Waals surface area contributed by atoms with Crippen molar-refractivity contribution in [2.45, 2.75) is 0 Å². The van der Waals surface area contributed by atoms with Crippen molar-refractivity contribution in [3.8, 4) is 0 Å². The van der Waals surface area contributed by atoms with E-state index in [-0.39, 0.29) is 37.1 Å². The monoisotopic (exact) mass is 375 g/mol. The van der Waals surface area contributed by atoms with E-state index in [1.807, 2.05) is 0 Å². The van der Waals surface area contributed by atoms with Crippen molar-refractivity contribution in [3.63, 3.8) is 0 Å². The molecule has 129 valence electrons. The minimum Gasteiger partial charge on any atom is -2.00 e. The first-order valence-corrected chi connectivity index (χ1v) is 6.44. The summed E-state index contributed by atoms with van der Waals surface area (Å²) >= 11 is 0. The van der Waals surface area contributed by atoms with Crippen molar-refractivity contribution < 1.29 is 53.4 Å². The molecule has 1 radical (unpaired) electrons. The van der Waals surface area contributed by atoms with Crippen LogP contribution >= 0.6 is 0 Å². The van der Waals surface area contributed by atoms with Crippen LogP contribution in [0.4, 0.5) is 0 Å². The topological polar surface area (TPSA) is 149 Å². The Morgan fingerprint density at radius 1 is 0.833 bits per heavy atom. The summed E-state index contributed by atoms with van der Waals surface area (Å²) in [6, 6.07) is 0. The van der Waals surface area contributed by atoms with Crippen LogP contribution in [0.25, 0.3) is 0 Å². The quantitative estimate of drug-likeness (QED) is 0.451. The van der Waals surface area contributed by atoms with Crippen molar-refractivity contribution in [2.75, 3.05) is 40.4 Å². The van der Waals surface area contributed by atoms with E-state index in [2.05, 4.69) is 0 Å². The molecule has 2 aliphatic heterocycles. The van der Waals surface area contributed by atoms with E-state index in [9.17, 15) is 29.4 Å². The molecule has 0 spiro atoms. The summed E-state index contributed by atoms with van der Waals surface area (Å²) in [5.41, 5.74) is 0.768. The van der Waals surface area contributed by atoms with Crippen molar-refractivity contribution >= 4 is 23.1 Å². The molecular weight excluding hydrogens is 359 g/mol. The molecule has 24 heavy (non-hydrogen) atoms. The summed E-state index contributed by atoms with van der Waals surface area (Å²) in [4.78, 5) is 45.9. The summed E-state index contributed by atoms with van der Waals surface area (Å²) in [6.45, 7) is -0.829. The van der Waals surface area contributed by atoms with E-state index in [0.717, 1.165) is 12.2 Å². The normalized spacial score (nSPS) is 17.2. The Bertz CT molecular complexity index is 521. The van der Waals surface area contributed by atoms with Gasteiger partial charge < -0.3 is 25.5 Å². The maximum atomic E-state index is 10.7. The summed E-state index contributed by atoms with van der Waals surface area (Å²) in [6.07, 6.45) is 2.22. The molecule has 0 N–H and O–H groups in total. The van der Waals surface area contributed by atoms with Gasteiger partial charge in [0.2, 0.25) is 23.1 Å². The largest absolute Gasteiger partial charge is 4.00 e. The van der Waals surface area contributed by atoms with Crippen LogP contribution < -0.4 is 10.2 Å². The maximum absolute atomic E-state index is 10.7. The average molecular weight is 375 g/mol. The van der Waals surface area contributed by atoms with Crippen molar-refractivity contribution in [1.82, 2.24) is 9.80 Å². The van der Waals surface area contributed by atoms with Crippen LogP contribution in [0.15, 0.2) is 23.5 Å². The van der Waals surface area contributed by atoms with E-state index in [1.165, 1.54) is 9.80 Å². The Kier molecular flexibility index (Phi) is 11.1. The number of hydrogen-bond acceptors (Lipinski definition) is 8. The second-order valence-electron chi connectivity index (χ2n) is 4.85. The molecule has 2 aliphatic rings. The van der Waals surface area contributed by atoms with Crippen LogP contribution in [-0.4, -0.2) is 73.3 Å². The third kappa shape index (κ3) is 6.38. The summed E-state index contributed by atoms with van der Waals surface area (Å²) in [5.74, 6) is -2.03. The van der Waals surface area contributed by atoms with Crippen molar-refractivity contribution in [1.29, 1.82) is 0 Å². The number of carbonyl (C=O) groups excluding carboxylic acids is 4. The first-order valence-electron chi connectivity index (χ1n) is 6.44. The minimum atomic E-state index is -0.561. The van der Waals surface area contributed by atoms with Gasteiger partial charge in [-0.2, -0.15) is 0 Å². The Labute approximate surface area is 150 Å². The molecular formula is C14H16N2O7V. The van der Waals surface area contributed by atoms with Gasteiger partial charge in [-0.1, -0.05) is 13.2 Å². The van der Waals surface area contributed by atoms with Gasteiger partial charge in [-0.3, -0.25) is 19.2 Å². The predicted octanol–water partition coefficient (Wildman–Crippen LogP) is -3.49. The molecule has 9 nitrogen and oxygen atoms in total. The summed E-state index contributed by atoms with van der Waals surface area (Å²) in [5, 5.41) is 20.7. The number of hydrogen-bond donors (Lipinski definition) is 0. The van der Waals surface area contributed by atoms with Gasteiger partial charge in [-0.25, -0.2) is 0 Å². The van der Waals surface area contributed by atoms with Gasteiger partial charge in [0.1, 0.15) is 0 Å². The second-order valence-corrected chi connectivity index (χ2v) is 4.85. The zero-order valence-corrected chi connectivity index (χ0v) is 14.6. The van der Waals surface area contributed by atoms with Crippen LogP contribution in [0, 0.1) is 0 Å². The molecule has 0 unspecified atom stereocenters. The SMILES string of the molecule is CN1CC(=O)C(=O)C=C1C[O-].CN1CC(=O)C(=O)C=C1C[O-].[O-2].[V+4]. The van der Waals surface area contributed by atoms with Gasteiger partial charge in [-0.05, 0) is 0 Å². The number of allylic oxidation sites excluding steroid dienone is 2. The van der Waals surface area contributed by atoms with Crippen LogP contribution in [0.1, 0.15) is 0 Å². The molecule has 0 aromatic carbocycles.